The van der Waals surface area contributed by atoms with Crippen LogP contribution in [0.2, 0.25) is 5.02 Å². The quantitative estimate of drug-likeness (QED) is 0.881. The van der Waals surface area contributed by atoms with Gasteiger partial charge in [-0.1, -0.05) is 17.7 Å². The highest BCUT2D eigenvalue weighted by Crippen LogP contribution is 2.20. The largest absolute Gasteiger partial charge is 0.399 e. The summed E-state index contributed by atoms with van der Waals surface area (Å²) in [5.41, 5.74) is 7.72. The molecule has 2 rings (SSSR count). The number of carbonyl (C=O) groups is 1. The Kier molecular flexibility index (Phi) is 4.81. The third-order valence-corrected chi connectivity index (χ3v) is 3.35. The zero-order chi connectivity index (χ0) is 15.4. The summed E-state index contributed by atoms with van der Waals surface area (Å²) < 4.78 is 0. The number of nitrogens with two attached hydrogens (primary N) is 1. The van der Waals surface area contributed by atoms with Crippen LogP contribution < -0.4 is 5.73 Å². The first-order valence-corrected chi connectivity index (χ1v) is 7.11. The number of benzene rings is 1. The van der Waals surface area contributed by atoms with Crippen molar-refractivity contribution in [3.8, 4) is 0 Å². The lowest BCUT2D eigenvalue weighted by Gasteiger charge is -2.27. The molecule has 1 aromatic carbocycles. The minimum atomic E-state index is -0.0944. The van der Waals surface area contributed by atoms with Crippen LogP contribution >= 0.6 is 11.6 Å². The van der Waals surface area contributed by atoms with Gasteiger partial charge in [-0.15, -0.1) is 0 Å². The summed E-state index contributed by atoms with van der Waals surface area (Å²) in [7, 11) is 0. The summed E-state index contributed by atoms with van der Waals surface area (Å²) in [4.78, 5) is 18.5. The van der Waals surface area contributed by atoms with Crippen LogP contribution in [0.3, 0.4) is 0 Å². The maximum absolute atomic E-state index is 12.7. The highest BCUT2D eigenvalue weighted by Gasteiger charge is 2.19. The van der Waals surface area contributed by atoms with E-state index in [-0.39, 0.29) is 11.9 Å². The maximum Gasteiger partial charge on any atom is 0.254 e. The van der Waals surface area contributed by atoms with Gasteiger partial charge < -0.3 is 10.6 Å². The van der Waals surface area contributed by atoms with Crippen LogP contribution in [0.15, 0.2) is 42.7 Å². The molecule has 0 saturated carbocycles. The van der Waals surface area contributed by atoms with E-state index in [9.17, 15) is 4.79 Å². The summed E-state index contributed by atoms with van der Waals surface area (Å²) >= 11 is 5.98. The normalized spacial score (nSPS) is 10.7. The van der Waals surface area contributed by atoms with Gasteiger partial charge in [-0.25, -0.2) is 0 Å². The minimum Gasteiger partial charge on any atom is -0.399 e. The maximum atomic E-state index is 12.7. The number of amides is 1. The number of rotatable bonds is 4. The van der Waals surface area contributed by atoms with Gasteiger partial charge in [0.15, 0.2) is 0 Å². The van der Waals surface area contributed by atoms with Gasteiger partial charge in [0.2, 0.25) is 0 Å². The van der Waals surface area contributed by atoms with Crippen molar-refractivity contribution in [1.82, 2.24) is 9.88 Å². The molecule has 5 heteroatoms. The number of pyridine rings is 1. The SMILES string of the molecule is CC(C)N(Cc1cccnc1)C(=O)c1cc(N)cc(Cl)c1. The monoisotopic (exact) mass is 303 g/mol. The first kappa shape index (κ1) is 15.3. The molecule has 0 aliphatic carbocycles. The molecule has 1 amide bonds. The number of hydrogen-bond donors (Lipinski definition) is 1. The molecule has 2 aromatic rings. The molecule has 1 heterocycles. The minimum absolute atomic E-state index is 0.0536. The molecule has 110 valence electrons. The molecule has 0 aliphatic rings. The molecule has 0 bridgehead atoms. The highest BCUT2D eigenvalue weighted by atomic mass is 35.5. The smallest absolute Gasteiger partial charge is 0.254 e. The van der Waals surface area contributed by atoms with Crippen molar-refractivity contribution in [3.63, 3.8) is 0 Å². The predicted molar refractivity (Wildman–Crippen MR) is 85.1 cm³/mol. The average Bonchev–Trinajstić information content (AvgIpc) is 2.44. The molecule has 0 atom stereocenters. The van der Waals surface area contributed by atoms with E-state index in [4.69, 9.17) is 17.3 Å². The molecule has 2 N–H and O–H groups in total. The van der Waals surface area contributed by atoms with Crippen LogP contribution in [0.5, 0.6) is 0 Å². The third kappa shape index (κ3) is 3.95. The number of anilines is 1. The second kappa shape index (κ2) is 6.59. The van der Waals surface area contributed by atoms with Crippen molar-refractivity contribution in [2.24, 2.45) is 0 Å². The molecule has 4 nitrogen and oxygen atoms in total. The molecule has 21 heavy (non-hydrogen) atoms. The van der Waals surface area contributed by atoms with Gasteiger partial charge in [0, 0.05) is 41.3 Å². The molecular weight excluding hydrogens is 286 g/mol. The van der Waals surface area contributed by atoms with Crippen molar-refractivity contribution < 1.29 is 4.79 Å². The van der Waals surface area contributed by atoms with E-state index < -0.39 is 0 Å². The van der Waals surface area contributed by atoms with Crippen LogP contribution in [-0.2, 0) is 6.54 Å². The van der Waals surface area contributed by atoms with E-state index >= 15 is 0 Å². The van der Waals surface area contributed by atoms with Gasteiger partial charge in [0.25, 0.3) is 5.91 Å². The van der Waals surface area contributed by atoms with Crippen molar-refractivity contribution in [1.29, 1.82) is 0 Å². The van der Waals surface area contributed by atoms with Crippen LogP contribution in [0, 0.1) is 0 Å². The summed E-state index contributed by atoms with van der Waals surface area (Å²) in [5.74, 6) is -0.0944. The number of nitrogen functional groups attached to an aromatic ring is 1. The second-order valence-corrected chi connectivity index (χ2v) is 5.60. The summed E-state index contributed by atoms with van der Waals surface area (Å²) in [5, 5.41) is 0.462. The van der Waals surface area contributed by atoms with E-state index in [1.807, 2.05) is 26.0 Å². The van der Waals surface area contributed by atoms with Crippen molar-refractivity contribution in [2.75, 3.05) is 5.73 Å². The van der Waals surface area contributed by atoms with Crippen LogP contribution in [0.1, 0.15) is 29.8 Å². The van der Waals surface area contributed by atoms with Crippen molar-refractivity contribution in [3.05, 3.63) is 58.9 Å². The molecule has 1 aromatic heterocycles. The van der Waals surface area contributed by atoms with Crippen LogP contribution in [0.4, 0.5) is 5.69 Å². The number of carbonyl (C=O) groups excluding carboxylic acids is 1. The molecular formula is C16H18ClN3O. The predicted octanol–water partition coefficient (Wildman–Crippen LogP) is 3.37. The molecule has 0 saturated heterocycles. The second-order valence-electron chi connectivity index (χ2n) is 5.16. The lowest BCUT2D eigenvalue weighted by molar-refractivity contribution is 0.0690. The lowest BCUT2D eigenvalue weighted by atomic mass is 10.1. The number of hydrogen-bond acceptors (Lipinski definition) is 3. The van der Waals surface area contributed by atoms with Gasteiger partial charge >= 0.3 is 0 Å². The van der Waals surface area contributed by atoms with E-state index in [2.05, 4.69) is 4.98 Å². The van der Waals surface area contributed by atoms with Gasteiger partial charge in [-0.2, -0.15) is 0 Å². The number of aromatic nitrogens is 1. The Morgan fingerprint density at radius 2 is 2.14 bits per heavy atom. The summed E-state index contributed by atoms with van der Waals surface area (Å²) in [6.45, 7) is 4.45. The van der Waals surface area contributed by atoms with Gasteiger partial charge in [0.1, 0.15) is 0 Å². The Bertz CT molecular complexity index is 608. The van der Waals surface area contributed by atoms with E-state index in [1.54, 1.807) is 35.5 Å². The lowest BCUT2D eigenvalue weighted by Crippen LogP contribution is -2.36. The summed E-state index contributed by atoms with van der Waals surface area (Å²) in [6.07, 6.45) is 3.47. The number of nitrogens with zero attached hydrogens (tertiary/aromatic N) is 2. The van der Waals surface area contributed by atoms with E-state index in [1.165, 1.54) is 0 Å². The standard InChI is InChI=1S/C16H18ClN3O/c1-11(2)20(10-12-4-3-5-19-9-12)16(21)13-6-14(17)8-15(18)7-13/h3-9,11H,10,18H2,1-2H3. The first-order chi connectivity index (χ1) is 9.97. The molecule has 0 spiro atoms. The topological polar surface area (TPSA) is 59.2 Å². The Morgan fingerprint density at radius 1 is 1.38 bits per heavy atom. The third-order valence-electron chi connectivity index (χ3n) is 3.13. The summed E-state index contributed by atoms with van der Waals surface area (Å²) in [6, 6.07) is 8.76. The van der Waals surface area contributed by atoms with Gasteiger partial charge in [-0.3, -0.25) is 9.78 Å². The fourth-order valence-electron chi connectivity index (χ4n) is 2.08. The highest BCUT2D eigenvalue weighted by molar-refractivity contribution is 6.31. The fraction of sp³-hybridized carbons (Fsp3) is 0.250. The average molecular weight is 304 g/mol. The Labute approximate surface area is 129 Å². The van der Waals surface area contributed by atoms with Gasteiger partial charge in [0.05, 0.1) is 0 Å². The van der Waals surface area contributed by atoms with Crippen molar-refractivity contribution in [2.45, 2.75) is 26.4 Å². The van der Waals surface area contributed by atoms with E-state index in [0.717, 1.165) is 5.56 Å². The zero-order valence-electron chi connectivity index (χ0n) is 12.1. The van der Waals surface area contributed by atoms with Crippen LogP contribution in [-0.4, -0.2) is 21.8 Å². The van der Waals surface area contributed by atoms with Crippen LogP contribution in [0.25, 0.3) is 0 Å². The first-order valence-electron chi connectivity index (χ1n) is 6.73. The Morgan fingerprint density at radius 3 is 2.71 bits per heavy atom. The van der Waals surface area contributed by atoms with E-state index in [0.29, 0.717) is 22.8 Å². The fourth-order valence-corrected chi connectivity index (χ4v) is 2.32. The molecule has 0 unspecified atom stereocenters. The molecule has 0 radical (unpaired) electrons. The molecule has 0 aliphatic heterocycles. The van der Waals surface area contributed by atoms with Crippen molar-refractivity contribution >= 4 is 23.2 Å². The molecule has 0 fully saturated rings. The zero-order valence-corrected chi connectivity index (χ0v) is 12.8. The van der Waals surface area contributed by atoms with Gasteiger partial charge in [-0.05, 0) is 43.7 Å². The Balaban J connectivity index is 2.27. The number of halogens is 1. The Hall–Kier alpha value is -2.07.